The molecule has 14 heteroatoms. The van der Waals surface area contributed by atoms with E-state index in [2.05, 4.69) is 15.3 Å². The molecule has 2 bridgehead atoms. The zero-order chi connectivity index (χ0) is 24.5. The molecule has 1 saturated heterocycles. The molecule has 0 aliphatic carbocycles. The monoisotopic (exact) mass is 479 g/mol. The maximum absolute atomic E-state index is 13.3. The van der Waals surface area contributed by atoms with E-state index < -0.39 is 36.8 Å². The van der Waals surface area contributed by atoms with Crippen LogP contribution in [0.1, 0.15) is 16.9 Å². The van der Waals surface area contributed by atoms with E-state index >= 15 is 0 Å². The summed E-state index contributed by atoms with van der Waals surface area (Å²) in [4.78, 5) is 47.9. The highest BCUT2D eigenvalue weighted by Crippen LogP contribution is 2.39. The zero-order valence-corrected chi connectivity index (χ0v) is 17.5. The lowest BCUT2D eigenvalue weighted by molar-refractivity contribution is -0.152. The Bertz CT molecular complexity index is 1100. The van der Waals surface area contributed by atoms with Crippen molar-refractivity contribution >= 4 is 35.4 Å². The largest absolute Gasteiger partial charge is 0.465 e. The molecule has 2 aliphatic rings. The lowest BCUT2D eigenvalue weighted by atomic mass is 10.1. The molecule has 4 amide bonds. The number of carboxylic acid groups (broad SMARTS) is 1. The fourth-order valence-electron chi connectivity index (χ4n) is 3.87. The molecule has 0 aromatic carbocycles. The fraction of sp³-hybridized carbons (Fsp3) is 0.350. The molecule has 34 heavy (non-hydrogen) atoms. The summed E-state index contributed by atoms with van der Waals surface area (Å²) in [5.74, 6) is -0.709. The number of anilines is 3. The average molecular weight is 479 g/mol. The number of urea groups is 1. The van der Waals surface area contributed by atoms with E-state index in [4.69, 9.17) is 5.11 Å². The number of nitrogens with one attached hydrogen (secondary N) is 3. The van der Waals surface area contributed by atoms with E-state index in [1.54, 1.807) is 28.8 Å². The number of nitrogens with zero attached hydrogens (tertiary/aromatic N) is 4. The summed E-state index contributed by atoms with van der Waals surface area (Å²) in [6.07, 6.45) is -4.40. The number of fused-ring (bicyclic) bond motifs is 4. The molecule has 180 valence electrons. The fourth-order valence-corrected chi connectivity index (χ4v) is 3.87. The highest BCUT2D eigenvalue weighted by Gasteiger charge is 2.43. The summed E-state index contributed by atoms with van der Waals surface area (Å²) in [7, 11) is 0. The quantitative estimate of drug-likeness (QED) is 0.515. The van der Waals surface area contributed by atoms with Crippen molar-refractivity contribution < 1.29 is 32.7 Å². The van der Waals surface area contributed by atoms with Gasteiger partial charge in [0.05, 0.1) is 18.3 Å². The molecule has 0 radical (unpaired) electrons. The number of carbonyl (C=O) groups is 3. The van der Waals surface area contributed by atoms with Crippen LogP contribution < -0.4 is 25.8 Å². The van der Waals surface area contributed by atoms with Crippen molar-refractivity contribution in [1.82, 2.24) is 20.6 Å². The summed E-state index contributed by atoms with van der Waals surface area (Å²) < 4.78 is 39.8. The zero-order valence-electron chi connectivity index (χ0n) is 17.5. The van der Waals surface area contributed by atoms with Crippen LogP contribution in [0.4, 0.5) is 40.1 Å². The Hall–Kier alpha value is -4.10. The molecule has 2 atom stereocenters. The standard InChI is InChI=1S/C20H20F3N7O4/c21-20(22,23)14(9-25-19(33)34)27-17(31)12-4-5-13-16(26-12)30(11-6-8-29(13)10-11)18(32)28-15-3-1-2-7-24-15/h1-5,7,11,14,25H,6,8-10H2,(H,27,31)(H,33,34)(H,24,28,32)/t11-,14?/m0/s1. The van der Waals surface area contributed by atoms with Crippen molar-refractivity contribution in [3.05, 3.63) is 42.2 Å². The van der Waals surface area contributed by atoms with Crippen molar-refractivity contribution in [3.8, 4) is 0 Å². The second-order valence-corrected chi connectivity index (χ2v) is 7.70. The molecule has 11 nitrogen and oxygen atoms in total. The minimum absolute atomic E-state index is 0.141. The number of hydrogen-bond donors (Lipinski definition) is 4. The van der Waals surface area contributed by atoms with Crippen LogP contribution >= 0.6 is 0 Å². The Labute approximate surface area is 191 Å². The number of carbonyl (C=O) groups excluding carboxylic acids is 2. The Morgan fingerprint density at radius 3 is 2.68 bits per heavy atom. The molecule has 0 saturated carbocycles. The van der Waals surface area contributed by atoms with Gasteiger partial charge in [-0.05, 0) is 30.7 Å². The first-order valence-electron chi connectivity index (χ1n) is 10.2. The van der Waals surface area contributed by atoms with Gasteiger partial charge in [-0.25, -0.2) is 19.6 Å². The first kappa shape index (κ1) is 23.1. The molecule has 2 aromatic heterocycles. The number of alkyl halides is 3. The number of rotatable bonds is 5. The van der Waals surface area contributed by atoms with E-state index in [0.717, 1.165) is 0 Å². The van der Waals surface area contributed by atoms with Crippen molar-refractivity contribution in [2.24, 2.45) is 0 Å². The first-order chi connectivity index (χ1) is 16.1. The van der Waals surface area contributed by atoms with Gasteiger partial charge >= 0.3 is 18.3 Å². The Morgan fingerprint density at radius 2 is 2.00 bits per heavy atom. The van der Waals surface area contributed by atoms with Crippen LogP contribution in [0.3, 0.4) is 0 Å². The smallest absolute Gasteiger partial charge is 0.410 e. The minimum atomic E-state index is -4.90. The van der Waals surface area contributed by atoms with Crippen LogP contribution in [0, 0.1) is 0 Å². The van der Waals surface area contributed by atoms with Crippen LogP contribution in [0.25, 0.3) is 0 Å². The summed E-state index contributed by atoms with van der Waals surface area (Å²) >= 11 is 0. The van der Waals surface area contributed by atoms with Crippen LogP contribution in [0.5, 0.6) is 0 Å². The third-order valence-corrected chi connectivity index (χ3v) is 5.46. The molecule has 4 N–H and O–H groups in total. The number of halogens is 3. The van der Waals surface area contributed by atoms with Crippen LogP contribution in [0.15, 0.2) is 36.5 Å². The van der Waals surface area contributed by atoms with Gasteiger partial charge in [0.25, 0.3) is 5.91 Å². The summed E-state index contributed by atoms with van der Waals surface area (Å²) in [6.45, 7) is 0.131. The molecule has 1 fully saturated rings. The maximum atomic E-state index is 13.3. The van der Waals surface area contributed by atoms with Gasteiger partial charge in [0.1, 0.15) is 17.6 Å². The molecule has 4 heterocycles. The normalized spacial score (nSPS) is 17.6. The average Bonchev–Trinajstić information content (AvgIpc) is 3.20. The van der Waals surface area contributed by atoms with Crippen molar-refractivity contribution in [3.63, 3.8) is 0 Å². The van der Waals surface area contributed by atoms with Crippen LogP contribution in [0.2, 0.25) is 0 Å². The highest BCUT2D eigenvalue weighted by molar-refractivity contribution is 6.05. The highest BCUT2D eigenvalue weighted by atomic mass is 19.4. The molecule has 1 unspecified atom stereocenters. The van der Waals surface area contributed by atoms with E-state index in [9.17, 15) is 27.6 Å². The van der Waals surface area contributed by atoms with E-state index in [1.807, 2.05) is 4.90 Å². The third-order valence-electron chi connectivity index (χ3n) is 5.46. The number of hydrogen-bond acceptors (Lipinski definition) is 6. The lowest BCUT2D eigenvalue weighted by Crippen LogP contribution is -2.52. The second-order valence-electron chi connectivity index (χ2n) is 7.70. The maximum Gasteiger partial charge on any atom is 0.410 e. The SMILES string of the molecule is O=C(O)NCC(NC(=O)c1ccc2c(n1)N(C(=O)Nc1ccccn1)[C@H]1CCN2C1)C(F)(F)F. The van der Waals surface area contributed by atoms with Crippen molar-refractivity contribution in [1.29, 1.82) is 0 Å². The van der Waals surface area contributed by atoms with Gasteiger partial charge in [-0.3, -0.25) is 15.0 Å². The van der Waals surface area contributed by atoms with Crippen molar-refractivity contribution in [2.45, 2.75) is 24.7 Å². The van der Waals surface area contributed by atoms with E-state index in [1.165, 1.54) is 23.2 Å². The van der Waals surface area contributed by atoms with Gasteiger partial charge in [-0.1, -0.05) is 6.07 Å². The Morgan fingerprint density at radius 1 is 1.21 bits per heavy atom. The molecule has 2 aliphatic heterocycles. The van der Waals surface area contributed by atoms with Gasteiger partial charge in [0.2, 0.25) is 0 Å². The van der Waals surface area contributed by atoms with Crippen LogP contribution in [-0.2, 0) is 0 Å². The van der Waals surface area contributed by atoms with Gasteiger partial charge in [-0.15, -0.1) is 0 Å². The van der Waals surface area contributed by atoms with Gasteiger partial charge < -0.3 is 20.6 Å². The Kier molecular flexibility index (Phi) is 6.13. The number of pyridine rings is 2. The van der Waals surface area contributed by atoms with Gasteiger partial charge in [0.15, 0.2) is 5.82 Å². The van der Waals surface area contributed by atoms with Crippen LogP contribution in [-0.4, -0.2) is 71.0 Å². The van der Waals surface area contributed by atoms with E-state index in [-0.39, 0.29) is 17.6 Å². The summed E-state index contributed by atoms with van der Waals surface area (Å²) in [5.41, 5.74) is 0.225. The van der Waals surface area contributed by atoms with Gasteiger partial charge in [0, 0.05) is 19.3 Å². The Balaban J connectivity index is 1.59. The predicted molar refractivity (Wildman–Crippen MR) is 114 cm³/mol. The first-order valence-corrected chi connectivity index (χ1v) is 10.2. The molecule has 4 rings (SSSR count). The number of aromatic nitrogens is 2. The predicted octanol–water partition coefficient (Wildman–Crippen LogP) is 2.04. The van der Waals surface area contributed by atoms with Gasteiger partial charge in [-0.2, -0.15) is 13.2 Å². The minimum Gasteiger partial charge on any atom is -0.465 e. The molecule has 0 spiro atoms. The topological polar surface area (TPSA) is 140 Å². The van der Waals surface area contributed by atoms with Crippen molar-refractivity contribution in [2.75, 3.05) is 34.8 Å². The molecular weight excluding hydrogens is 459 g/mol. The summed E-state index contributed by atoms with van der Waals surface area (Å²) in [6, 6.07) is 4.53. The van der Waals surface area contributed by atoms with E-state index in [0.29, 0.717) is 31.0 Å². The molecular formula is C20H20F3N7O4. The third kappa shape index (κ3) is 4.79. The summed E-state index contributed by atoms with van der Waals surface area (Å²) in [5, 5.41) is 14.6. The second kappa shape index (κ2) is 9.03. The lowest BCUT2D eigenvalue weighted by Gasteiger charge is -2.35. The number of amides is 4. The molecule has 2 aromatic rings.